The summed E-state index contributed by atoms with van der Waals surface area (Å²) in [5.74, 6) is 0. The Kier molecular flexibility index (Phi) is 4.70. The van der Waals surface area contributed by atoms with Gasteiger partial charge >= 0.3 is 0 Å². The second-order valence-corrected chi connectivity index (χ2v) is 8.08. The highest BCUT2D eigenvalue weighted by Crippen LogP contribution is 2.30. The first kappa shape index (κ1) is 15.3. The average Bonchev–Trinajstić information content (AvgIpc) is 2.84. The first-order valence-corrected chi connectivity index (χ1v) is 8.56. The van der Waals surface area contributed by atoms with Crippen LogP contribution in [0.4, 0.5) is 5.69 Å². The molecule has 0 spiro atoms. The van der Waals surface area contributed by atoms with E-state index in [-0.39, 0.29) is 10.8 Å². The molecule has 4 nitrogen and oxygen atoms in total. The van der Waals surface area contributed by atoms with Gasteiger partial charge in [-0.1, -0.05) is 29.8 Å². The molecular weight excluding hydrogens is 318 g/mol. The summed E-state index contributed by atoms with van der Waals surface area (Å²) in [5.41, 5.74) is 0.512. The number of hydrogen-bond acceptors (Lipinski definition) is 4. The second-order valence-electron chi connectivity index (χ2n) is 4.28. The third-order valence-electron chi connectivity index (χ3n) is 2.57. The van der Waals surface area contributed by atoms with E-state index in [1.54, 1.807) is 43.3 Å². The van der Waals surface area contributed by atoms with Crippen molar-refractivity contribution >= 4 is 38.6 Å². The van der Waals surface area contributed by atoms with Crippen molar-refractivity contribution in [2.45, 2.75) is 17.2 Å². The van der Waals surface area contributed by atoms with Crippen LogP contribution in [0.2, 0.25) is 4.34 Å². The van der Waals surface area contributed by atoms with Crippen molar-refractivity contribution < 1.29 is 13.5 Å². The number of aliphatic hydroxyl groups is 1. The summed E-state index contributed by atoms with van der Waals surface area (Å²) in [7, 11) is -3.72. The molecule has 1 heterocycles. The molecule has 108 valence electrons. The minimum atomic E-state index is -3.72. The van der Waals surface area contributed by atoms with E-state index in [4.69, 9.17) is 11.6 Å². The van der Waals surface area contributed by atoms with Gasteiger partial charge in [0.05, 0.1) is 22.7 Å². The molecule has 0 radical (unpaired) electrons. The number of hydrogen-bond donors (Lipinski definition) is 1. The van der Waals surface area contributed by atoms with E-state index in [9.17, 15) is 13.5 Å². The Morgan fingerprint density at radius 2 is 1.90 bits per heavy atom. The lowest BCUT2D eigenvalue weighted by Crippen LogP contribution is -2.36. The Bertz CT molecular complexity index is 668. The van der Waals surface area contributed by atoms with Gasteiger partial charge in [0.2, 0.25) is 0 Å². The van der Waals surface area contributed by atoms with Crippen molar-refractivity contribution in [2.24, 2.45) is 0 Å². The number of para-hydroxylation sites is 1. The Balaban J connectivity index is 2.46. The smallest absolute Gasteiger partial charge is 0.273 e. The minimum absolute atomic E-state index is 0.0120. The Labute approximate surface area is 127 Å². The molecule has 0 bridgehead atoms. The van der Waals surface area contributed by atoms with Gasteiger partial charge in [-0.15, -0.1) is 11.3 Å². The molecule has 2 aromatic rings. The van der Waals surface area contributed by atoms with Crippen LogP contribution in [0.5, 0.6) is 0 Å². The molecule has 0 aliphatic carbocycles. The number of rotatable bonds is 5. The van der Waals surface area contributed by atoms with Gasteiger partial charge in [0.15, 0.2) is 0 Å². The van der Waals surface area contributed by atoms with E-state index < -0.39 is 16.1 Å². The normalized spacial score (nSPS) is 13.2. The molecule has 1 N–H and O–H groups in total. The average molecular weight is 332 g/mol. The maximum Gasteiger partial charge on any atom is 0.273 e. The van der Waals surface area contributed by atoms with Gasteiger partial charge in [0.25, 0.3) is 10.0 Å². The minimum Gasteiger partial charge on any atom is -0.392 e. The fourth-order valence-electron chi connectivity index (χ4n) is 1.72. The van der Waals surface area contributed by atoms with Crippen molar-refractivity contribution in [1.82, 2.24) is 0 Å². The summed E-state index contributed by atoms with van der Waals surface area (Å²) in [4.78, 5) is 0. The van der Waals surface area contributed by atoms with Gasteiger partial charge in [-0.25, -0.2) is 8.42 Å². The topological polar surface area (TPSA) is 57.6 Å². The molecule has 1 aromatic carbocycles. The third-order valence-corrected chi connectivity index (χ3v) is 6.06. The Morgan fingerprint density at radius 1 is 1.25 bits per heavy atom. The van der Waals surface area contributed by atoms with Crippen LogP contribution < -0.4 is 4.31 Å². The molecule has 0 aliphatic rings. The summed E-state index contributed by atoms with van der Waals surface area (Å²) < 4.78 is 27.1. The summed E-state index contributed by atoms with van der Waals surface area (Å²) in [6.45, 7) is 1.54. The number of aliphatic hydroxyl groups excluding tert-OH is 1. The fourth-order valence-corrected chi connectivity index (χ4v) is 4.86. The number of halogens is 1. The zero-order chi connectivity index (χ0) is 14.8. The van der Waals surface area contributed by atoms with Gasteiger partial charge in [-0.05, 0) is 31.2 Å². The highest BCUT2D eigenvalue weighted by atomic mass is 35.5. The largest absolute Gasteiger partial charge is 0.392 e. The Hall–Kier alpha value is -1.08. The van der Waals surface area contributed by atoms with Crippen LogP contribution in [0.1, 0.15) is 6.92 Å². The van der Waals surface area contributed by atoms with Gasteiger partial charge in [0.1, 0.15) is 4.21 Å². The van der Waals surface area contributed by atoms with Crippen LogP contribution in [0.25, 0.3) is 0 Å². The molecule has 0 fully saturated rings. The van der Waals surface area contributed by atoms with Crippen LogP contribution in [-0.4, -0.2) is 26.2 Å². The van der Waals surface area contributed by atoms with Crippen LogP contribution in [-0.2, 0) is 10.0 Å². The molecule has 0 saturated carbocycles. The van der Waals surface area contributed by atoms with Crippen LogP contribution in [0, 0.1) is 0 Å². The zero-order valence-electron chi connectivity index (χ0n) is 10.7. The van der Waals surface area contributed by atoms with Crippen molar-refractivity contribution in [2.75, 3.05) is 10.8 Å². The van der Waals surface area contributed by atoms with E-state index in [0.29, 0.717) is 10.0 Å². The fraction of sp³-hybridized carbons (Fsp3) is 0.231. The zero-order valence-corrected chi connectivity index (χ0v) is 13.1. The molecule has 1 aromatic heterocycles. The van der Waals surface area contributed by atoms with Gasteiger partial charge in [0, 0.05) is 0 Å². The molecular formula is C13H14ClNO3S2. The number of sulfonamides is 1. The molecule has 0 unspecified atom stereocenters. The molecule has 1 atom stereocenters. The predicted molar refractivity (Wildman–Crippen MR) is 82.0 cm³/mol. The second kappa shape index (κ2) is 6.13. The third kappa shape index (κ3) is 3.32. The van der Waals surface area contributed by atoms with E-state index in [2.05, 4.69) is 0 Å². The number of anilines is 1. The van der Waals surface area contributed by atoms with Gasteiger partial charge in [-0.2, -0.15) is 0 Å². The first-order valence-electron chi connectivity index (χ1n) is 5.92. The van der Waals surface area contributed by atoms with E-state index in [0.717, 1.165) is 11.3 Å². The molecule has 2 rings (SSSR count). The Morgan fingerprint density at radius 3 is 2.40 bits per heavy atom. The molecule has 0 aliphatic heterocycles. The van der Waals surface area contributed by atoms with Crippen LogP contribution in [0.3, 0.4) is 0 Å². The van der Waals surface area contributed by atoms with Crippen molar-refractivity contribution in [1.29, 1.82) is 0 Å². The van der Waals surface area contributed by atoms with E-state index in [1.807, 2.05) is 0 Å². The lowest BCUT2D eigenvalue weighted by molar-refractivity contribution is 0.204. The molecule has 0 amide bonds. The summed E-state index contributed by atoms with van der Waals surface area (Å²) in [6.07, 6.45) is -0.777. The molecule has 20 heavy (non-hydrogen) atoms. The molecule has 7 heteroatoms. The quantitative estimate of drug-likeness (QED) is 0.916. The van der Waals surface area contributed by atoms with Crippen LogP contribution in [0.15, 0.2) is 46.7 Å². The van der Waals surface area contributed by atoms with Gasteiger partial charge < -0.3 is 5.11 Å². The highest BCUT2D eigenvalue weighted by molar-refractivity contribution is 7.94. The lowest BCUT2D eigenvalue weighted by atomic mass is 10.3. The van der Waals surface area contributed by atoms with Crippen molar-refractivity contribution in [3.8, 4) is 0 Å². The number of thiophene rings is 1. The SMILES string of the molecule is C[C@H](O)CN(c1ccccc1)S(=O)(=O)c1ccc(Cl)s1. The first-order chi connectivity index (χ1) is 9.41. The monoisotopic (exact) mass is 331 g/mol. The molecule has 0 saturated heterocycles. The van der Waals surface area contributed by atoms with Crippen molar-refractivity contribution in [3.63, 3.8) is 0 Å². The summed E-state index contributed by atoms with van der Waals surface area (Å²) in [5, 5.41) is 9.57. The number of benzene rings is 1. The summed E-state index contributed by atoms with van der Waals surface area (Å²) >= 11 is 6.81. The number of nitrogens with zero attached hydrogens (tertiary/aromatic N) is 1. The standard InChI is InChI=1S/C13H14ClNO3S2/c1-10(16)9-15(11-5-3-2-4-6-11)20(17,18)13-8-7-12(14)19-13/h2-8,10,16H,9H2,1H3/t10-/m0/s1. The van der Waals surface area contributed by atoms with Crippen LogP contribution >= 0.6 is 22.9 Å². The van der Waals surface area contributed by atoms with E-state index in [1.165, 1.54) is 10.4 Å². The maximum atomic E-state index is 12.6. The predicted octanol–water partition coefficient (Wildman–Crippen LogP) is 2.98. The summed E-state index contributed by atoms with van der Waals surface area (Å²) in [6, 6.07) is 11.7. The highest BCUT2D eigenvalue weighted by Gasteiger charge is 2.27. The maximum absolute atomic E-state index is 12.6. The lowest BCUT2D eigenvalue weighted by Gasteiger charge is -2.24. The van der Waals surface area contributed by atoms with Crippen molar-refractivity contribution in [3.05, 3.63) is 46.8 Å². The van der Waals surface area contributed by atoms with E-state index >= 15 is 0 Å². The van der Waals surface area contributed by atoms with Gasteiger partial charge in [-0.3, -0.25) is 4.31 Å².